The summed E-state index contributed by atoms with van der Waals surface area (Å²) >= 11 is 0. The maximum absolute atomic E-state index is 14.5. The van der Waals surface area contributed by atoms with Crippen molar-refractivity contribution in [1.29, 1.82) is 0 Å². The van der Waals surface area contributed by atoms with Crippen LogP contribution in [0.5, 0.6) is 0 Å². The monoisotopic (exact) mass is 382 g/mol. The highest BCUT2D eigenvalue weighted by Gasteiger charge is 2.84. The number of rotatable bonds is 2. The smallest absolute Gasteiger partial charge is 0.446 e. The first-order chi connectivity index (χ1) is 10.8. The molecule has 1 aliphatic heterocycles. The summed E-state index contributed by atoms with van der Waals surface area (Å²) in [6.07, 6.45) is -12.9. The van der Waals surface area contributed by atoms with Crippen molar-refractivity contribution in [1.82, 2.24) is 0 Å². The van der Waals surface area contributed by atoms with Gasteiger partial charge in [0.15, 0.2) is 0 Å². The molecule has 0 bridgehead atoms. The standard InChI is InChI=1S/C14H17F7O4/c1-6(2)7(22)24-9-11(15,16)8(10(3,4)5)25-13(23,12(9,17)18)14(19,20)21/h8-9,23H,1H2,2-5H3. The molecule has 1 heterocycles. The van der Waals surface area contributed by atoms with Crippen molar-refractivity contribution in [3.63, 3.8) is 0 Å². The minimum Gasteiger partial charge on any atom is -0.446 e. The molecule has 1 saturated heterocycles. The highest BCUT2D eigenvalue weighted by atomic mass is 19.4. The number of hydrogen-bond acceptors (Lipinski definition) is 4. The number of esters is 1. The Morgan fingerprint density at radius 3 is 1.92 bits per heavy atom. The van der Waals surface area contributed by atoms with Gasteiger partial charge in [-0.25, -0.2) is 4.79 Å². The fourth-order valence-corrected chi connectivity index (χ4v) is 2.25. The number of aliphatic hydroxyl groups is 1. The highest BCUT2D eigenvalue weighted by Crippen LogP contribution is 2.57. The molecule has 146 valence electrons. The van der Waals surface area contributed by atoms with Gasteiger partial charge in [-0.2, -0.15) is 30.7 Å². The number of carbonyl (C=O) groups is 1. The van der Waals surface area contributed by atoms with E-state index in [1.165, 1.54) is 0 Å². The third-order valence-corrected chi connectivity index (χ3v) is 3.51. The Kier molecular flexibility index (Phi) is 5.06. The third kappa shape index (κ3) is 3.35. The average molecular weight is 382 g/mol. The molecule has 1 N–H and O–H groups in total. The van der Waals surface area contributed by atoms with Gasteiger partial charge in [-0.15, -0.1) is 0 Å². The first-order valence-electron chi connectivity index (χ1n) is 6.89. The molecule has 1 aliphatic rings. The van der Waals surface area contributed by atoms with Gasteiger partial charge in [0.25, 0.3) is 0 Å². The molecule has 0 radical (unpaired) electrons. The summed E-state index contributed by atoms with van der Waals surface area (Å²) < 4.78 is 104. The summed E-state index contributed by atoms with van der Waals surface area (Å²) in [7, 11) is 0. The van der Waals surface area contributed by atoms with Crippen LogP contribution in [0.25, 0.3) is 0 Å². The number of hydrogen-bond donors (Lipinski definition) is 1. The molecule has 0 spiro atoms. The quantitative estimate of drug-likeness (QED) is 0.452. The van der Waals surface area contributed by atoms with Crippen molar-refractivity contribution in [3.05, 3.63) is 12.2 Å². The number of alkyl halides is 7. The maximum Gasteiger partial charge on any atom is 0.449 e. The Morgan fingerprint density at radius 1 is 1.16 bits per heavy atom. The molecule has 1 fully saturated rings. The second-order valence-corrected chi connectivity index (χ2v) is 6.87. The molecule has 0 aliphatic carbocycles. The van der Waals surface area contributed by atoms with Crippen LogP contribution in [0.15, 0.2) is 12.2 Å². The zero-order chi connectivity index (χ0) is 20.2. The third-order valence-electron chi connectivity index (χ3n) is 3.51. The van der Waals surface area contributed by atoms with Crippen LogP contribution >= 0.6 is 0 Å². The molecular weight excluding hydrogens is 365 g/mol. The molecule has 3 unspecified atom stereocenters. The number of carbonyl (C=O) groups excluding carboxylic acids is 1. The molecule has 11 heteroatoms. The summed E-state index contributed by atoms with van der Waals surface area (Å²) in [6.45, 7) is 6.88. The summed E-state index contributed by atoms with van der Waals surface area (Å²) in [6, 6.07) is 0. The van der Waals surface area contributed by atoms with Crippen LogP contribution in [0.3, 0.4) is 0 Å². The van der Waals surface area contributed by atoms with Gasteiger partial charge in [0, 0.05) is 5.57 Å². The zero-order valence-corrected chi connectivity index (χ0v) is 13.7. The van der Waals surface area contributed by atoms with Crippen molar-refractivity contribution in [2.45, 2.75) is 63.7 Å². The largest absolute Gasteiger partial charge is 0.449 e. The van der Waals surface area contributed by atoms with Crippen LogP contribution in [0.2, 0.25) is 0 Å². The molecule has 0 aromatic carbocycles. The van der Waals surface area contributed by atoms with Gasteiger partial charge in [0.05, 0.1) is 0 Å². The van der Waals surface area contributed by atoms with Crippen molar-refractivity contribution >= 4 is 5.97 Å². The van der Waals surface area contributed by atoms with Gasteiger partial charge in [0.1, 0.15) is 6.10 Å². The molecule has 1 rings (SSSR count). The van der Waals surface area contributed by atoms with Gasteiger partial charge in [-0.1, -0.05) is 27.4 Å². The molecule has 25 heavy (non-hydrogen) atoms. The number of halogens is 7. The molecule has 0 saturated carbocycles. The predicted octanol–water partition coefficient (Wildman–Crippen LogP) is 3.44. The van der Waals surface area contributed by atoms with Gasteiger partial charge in [0.2, 0.25) is 6.10 Å². The maximum atomic E-state index is 14.5. The topological polar surface area (TPSA) is 55.8 Å². The van der Waals surface area contributed by atoms with E-state index in [0.29, 0.717) is 0 Å². The van der Waals surface area contributed by atoms with Crippen molar-refractivity contribution < 1.29 is 50.1 Å². The van der Waals surface area contributed by atoms with Gasteiger partial charge in [-0.3, -0.25) is 0 Å². The molecule has 0 amide bonds. The first kappa shape index (κ1) is 21.7. The van der Waals surface area contributed by atoms with Gasteiger partial charge < -0.3 is 14.6 Å². The van der Waals surface area contributed by atoms with E-state index in [2.05, 4.69) is 16.1 Å². The zero-order valence-electron chi connectivity index (χ0n) is 13.7. The summed E-state index contributed by atoms with van der Waals surface area (Å²) in [5.41, 5.74) is -2.42. The van der Waals surface area contributed by atoms with E-state index < -0.39 is 53.0 Å². The Hall–Kier alpha value is -1.36. The van der Waals surface area contributed by atoms with Gasteiger partial charge in [-0.05, 0) is 12.3 Å². The van der Waals surface area contributed by atoms with Crippen LogP contribution in [-0.4, -0.2) is 47.1 Å². The predicted molar refractivity (Wildman–Crippen MR) is 69.9 cm³/mol. The van der Waals surface area contributed by atoms with Gasteiger partial charge >= 0.3 is 29.8 Å². The lowest BCUT2D eigenvalue weighted by Gasteiger charge is -2.52. The Bertz CT molecular complexity index is 565. The Labute approximate surface area is 138 Å². The van der Waals surface area contributed by atoms with E-state index in [9.17, 15) is 40.6 Å². The minimum atomic E-state index is -6.15. The van der Waals surface area contributed by atoms with E-state index in [4.69, 9.17) is 0 Å². The second-order valence-electron chi connectivity index (χ2n) is 6.87. The summed E-state index contributed by atoms with van der Waals surface area (Å²) in [5.74, 6) is -17.5. The summed E-state index contributed by atoms with van der Waals surface area (Å²) in [5, 5.41) is 9.48. The fraction of sp³-hybridized carbons (Fsp3) is 0.786. The number of ether oxygens (including phenoxy) is 2. The normalized spacial score (nSPS) is 32.2. The van der Waals surface area contributed by atoms with Crippen LogP contribution < -0.4 is 0 Å². The lowest BCUT2D eigenvalue weighted by atomic mass is 9.78. The molecule has 4 nitrogen and oxygen atoms in total. The molecule has 0 aromatic rings. The molecular formula is C14H17F7O4. The second kappa shape index (κ2) is 5.83. The first-order valence-corrected chi connectivity index (χ1v) is 6.89. The average Bonchev–Trinajstić information content (AvgIpc) is 2.36. The molecule has 3 atom stereocenters. The van der Waals surface area contributed by atoms with Crippen LogP contribution in [-0.2, 0) is 14.3 Å². The van der Waals surface area contributed by atoms with Crippen LogP contribution in [0, 0.1) is 5.41 Å². The van der Waals surface area contributed by atoms with E-state index in [1.807, 2.05) is 0 Å². The van der Waals surface area contributed by atoms with Crippen LogP contribution in [0.4, 0.5) is 30.7 Å². The Balaban J connectivity index is 3.62. The van der Waals surface area contributed by atoms with E-state index in [1.54, 1.807) is 0 Å². The van der Waals surface area contributed by atoms with E-state index in [-0.39, 0.29) is 0 Å². The van der Waals surface area contributed by atoms with E-state index in [0.717, 1.165) is 27.7 Å². The van der Waals surface area contributed by atoms with Crippen molar-refractivity contribution in [3.8, 4) is 0 Å². The SMILES string of the molecule is C=C(C)C(=O)OC1C(F)(F)C(C(C)(C)C)OC(O)(C(F)(F)F)C1(F)F. The van der Waals surface area contributed by atoms with E-state index >= 15 is 0 Å². The Morgan fingerprint density at radius 2 is 1.60 bits per heavy atom. The highest BCUT2D eigenvalue weighted by molar-refractivity contribution is 5.87. The summed E-state index contributed by atoms with van der Waals surface area (Å²) in [4.78, 5) is 11.4. The van der Waals surface area contributed by atoms with Crippen LogP contribution in [0.1, 0.15) is 27.7 Å². The lowest BCUT2D eigenvalue weighted by Crippen LogP contribution is -2.77. The fourth-order valence-electron chi connectivity index (χ4n) is 2.25. The minimum absolute atomic E-state index is 0.596. The lowest BCUT2D eigenvalue weighted by molar-refractivity contribution is -0.501. The van der Waals surface area contributed by atoms with Crippen molar-refractivity contribution in [2.24, 2.45) is 5.41 Å². The van der Waals surface area contributed by atoms with Crippen molar-refractivity contribution in [2.75, 3.05) is 0 Å². The molecule has 0 aromatic heterocycles.